The molecule has 0 saturated carbocycles. The third kappa shape index (κ3) is 4.11. The van der Waals surface area contributed by atoms with Crippen molar-refractivity contribution in [2.24, 2.45) is 0 Å². The minimum atomic E-state index is -3.77. The smallest absolute Gasteiger partial charge is 0.261 e. The van der Waals surface area contributed by atoms with Gasteiger partial charge in [-0.3, -0.25) is 9.03 Å². The number of hydrogen-bond acceptors (Lipinski definition) is 4. The van der Waals surface area contributed by atoms with Crippen LogP contribution in [-0.4, -0.2) is 29.1 Å². The summed E-state index contributed by atoms with van der Waals surface area (Å²) in [6.45, 7) is 6.12. The Balaban J connectivity index is 1.88. The molecule has 0 amide bonds. The van der Waals surface area contributed by atoms with E-state index in [0.717, 1.165) is 23.1 Å². The highest BCUT2D eigenvalue weighted by molar-refractivity contribution is 7.93. The van der Waals surface area contributed by atoms with Crippen molar-refractivity contribution in [2.45, 2.75) is 38.5 Å². The van der Waals surface area contributed by atoms with Gasteiger partial charge in [-0.05, 0) is 69.0 Å². The predicted octanol–water partition coefficient (Wildman–Crippen LogP) is 3.34. The molecule has 1 aliphatic heterocycles. The predicted molar refractivity (Wildman–Crippen MR) is 108 cm³/mol. The fourth-order valence-electron chi connectivity index (χ4n) is 3.40. The van der Waals surface area contributed by atoms with Gasteiger partial charge in [-0.1, -0.05) is 17.7 Å². The van der Waals surface area contributed by atoms with Crippen molar-refractivity contribution in [3.8, 4) is 0 Å². The zero-order valence-corrected chi connectivity index (χ0v) is 17.3. The van der Waals surface area contributed by atoms with Gasteiger partial charge < -0.3 is 0 Å². The molecule has 0 aliphatic carbocycles. The van der Waals surface area contributed by atoms with Crippen LogP contribution < -0.4 is 9.03 Å². The quantitative estimate of drug-likeness (QED) is 0.841. The van der Waals surface area contributed by atoms with E-state index in [-0.39, 0.29) is 10.6 Å². The van der Waals surface area contributed by atoms with Crippen LogP contribution in [0.5, 0.6) is 0 Å². The Morgan fingerprint density at radius 3 is 2.11 bits per heavy atom. The molecule has 1 heterocycles. The molecule has 0 atom stereocenters. The Morgan fingerprint density at radius 1 is 0.963 bits per heavy atom. The zero-order chi connectivity index (χ0) is 19.8. The molecule has 0 unspecified atom stereocenters. The van der Waals surface area contributed by atoms with Gasteiger partial charge in [-0.2, -0.15) is 0 Å². The molecule has 27 heavy (non-hydrogen) atoms. The maximum absolute atomic E-state index is 12.8. The van der Waals surface area contributed by atoms with Crippen molar-refractivity contribution in [3.63, 3.8) is 0 Å². The maximum atomic E-state index is 12.8. The number of rotatable bonds is 4. The van der Waals surface area contributed by atoms with Crippen molar-refractivity contribution in [1.82, 2.24) is 0 Å². The average Bonchev–Trinajstić information content (AvgIpc) is 2.58. The lowest BCUT2D eigenvalue weighted by Crippen LogP contribution is -2.37. The largest absolute Gasteiger partial charge is 0.279 e. The van der Waals surface area contributed by atoms with Crippen LogP contribution in [0.1, 0.15) is 29.5 Å². The van der Waals surface area contributed by atoms with E-state index in [1.165, 1.54) is 16.4 Å². The Kier molecular flexibility index (Phi) is 5.22. The van der Waals surface area contributed by atoms with Crippen molar-refractivity contribution < 1.29 is 16.8 Å². The first-order valence-electron chi connectivity index (χ1n) is 8.81. The lowest BCUT2D eigenvalue weighted by atomic mass is 10.1. The summed E-state index contributed by atoms with van der Waals surface area (Å²) in [4.78, 5) is 0.0973. The summed E-state index contributed by atoms with van der Waals surface area (Å²) in [7, 11) is -7.09. The fraction of sp³-hybridized carbons (Fsp3) is 0.368. The summed E-state index contributed by atoms with van der Waals surface area (Å²) < 4.78 is 53.9. The molecule has 1 aliphatic rings. The molecule has 1 saturated heterocycles. The normalized spacial score (nSPS) is 16.9. The van der Waals surface area contributed by atoms with Crippen molar-refractivity contribution >= 4 is 31.4 Å². The highest BCUT2D eigenvalue weighted by atomic mass is 32.2. The third-order valence-electron chi connectivity index (χ3n) is 4.70. The monoisotopic (exact) mass is 408 g/mol. The SMILES string of the molecule is Cc1cc(C)c(NS(=O)(=O)c2ccc(N3CCCCS3(=O)=O)cc2)c(C)c1. The molecular formula is C19H24N2O4S2. The van der Waals surface area contributed by atoms with Crippen LogP contribution in [0.15, 0.2) is 41.3 Å². The van der Waals surface area contributed by atoms with E-state index in [0.29, 0.717) is 24.3 Å². The van der Waals surface area contributed by atoms with Crippen LogP contribution in [0.2, 0.25) is 0 Å². The molecule has 2 aromatic rings. The van der Waals surface area contributed by atoms with E-state index in [1.807, 2.05) is 32.9 Å². The molecular weight excluding hydrogens is 384 g/mol. The van der Waals surface area contributed by atoms with Gasteiger partial charge in [0, 0.05) is 6.54 Å². The van der Waals surface area contributed by atoms with Crippen LogP contribution in [0.25, 0.3) is 0 Å². The summed E-state index contributed by atoms with van der Waals surface area (Å²) in [6.07, 6.45) is 1.46. The molecule has 0 radical (unpaired) electrons. The molecule has 8 heteroatoms. The Labute approximate surface area is 161 Å². The highest BCUT2D eigenvalue weighted by Gasteiger charge is 2.26. The van der Waals surface area contributed by atoms with E-state index in [2.05, 4.69) is 4.72 Å². The third-order valence-corrected chi connectivity index (χ3v) is 7.93. The minimum Gasteiger partial charge on any atom is -0.279 e. The minimum absolute atomic E-state index is 0.0973. The molecule has 2 aromatic carbocycles. The topological polar surface area (TPSA) is 83.6 Å². The van der Waals surface area contributed by atoms with Crippen LogP contribution in [0, 0.1) is 20.8 Å². The summed E-state index contributed by atoms with van der Waals surface area (Å²) in [6, 6.07) is 9.84. The molecule has 0 spiro atoms. The number of hydrogen-bond donors (Lipinski definition) is 1. The summed E-state index contributed by atoms with van der Waals surface area (Å²) in [5.41, 5.74) is 3.85. The van der Waals surface area contributed by atoms with Crippen molar-refractivity contribution in [2.75, 3.05) is 21.3 Å². The first-order chi connectivity index (χ1) is 12.6. The van der Waals surface area contributed by atoms with Gasteiger partial charge in [-0.15, -0.1) is 0 Å². The summed E-state index contributed by atoms with van der Waals surface area (Å²) >= 11 is 0. The van der Waals surface area contributed by atoms with Crippen molar-refractivity contribution in [1.29, 1.82) is 0 Å². The summed E-state index contributed by atoms with van der Waals surface area (Å²) in [5, 5.41) is 0. The van der Waals surface area contributed by atoms with Crippen LogP contribution in [0.4, 0.5) is 11.4 Å². The molecule has 146 valence electrons. The number of nitrogens with zero attached hydrogens (tertiary/aromatic N) is 1. The molecule has 0 aromatic heterocycles. The van der Waals surface area contributed by atoms with Gasteiger partial charge in [0.05, 0.1) is 22.0 Å². The number of sulfonamides is 2. The van der Waals surface area contributed by atoms with E-state index in [4.69, 9.17) is 0 Å². The van der Waals surface area contributed by atoms with Crippen LogP contribution in [0.3, 0.4) is 0 Å². The van der Waals surface area contributed by atoms with Gasteiger partial charge in [0.1, 0.15) is 0 Å². The van der Waals surface area contributed by atoms with E-state index in [1.54, 1.807) is 12.1 Å². The van der Waals surface area contributed by atoms with Gasteiger partial charge in [0.2, 0.25) is 10.0 Å². The van der Waals surface area contributed by atoms with Crippen LogP contribution in [-0.2, 0) is 20.0 Å². The zero-order valence-electron chi connectivity index (χ0n) is 15.7. The van der Waals surface area contributed by atoms with Gasteiger partial charge in [0.15, 0.2) is 0 Å². The number of anilines is 2. The van der Waals surface area contributed by atoms with E-state index < -0.39 is 20.0 Å². The van der Waals surface area contributed by atoms with Gasteiger partial charge >= 0.3 is 0 Å². The lowest BCUT2D eigenvalue weighted by molar-refractivity contribution is 0.574. The molecule has 1 fully saturated rings. The van der Waals surface area contributed by atoms with Crippen molar-refractivity contribution in [3.05, 3.63) is 53.1 Å². The highest BCUT2D eigenvalue weighted by Crippen LogP contribution is 2.28. The molecule has 0 bridgehead atoms. The first-order valence-corrected chi connectivity index (χ1v) is 11.9. The van der Waals surface area contributed by atoms with Gasteiger partial charge in [0.25, 0.3) is 10.0 Å². The molecule has 6 nitrogen and oxygen atoms in total. The fourth-order valence-corrected chi connectivity index (χ4v) is 6.25. The Hall–Kier alpha value is -2.06. The van der Waals surface area contributed by atoms with E-state index >= 15 is 0 Å². The number of aryl methyl sites for hydroxylation is 3. The second kappa shape index (κ2) is 7.16. The number of nitrogens with one attached hydrogen (secondary N) is 1. The van der Waals surface area contributed by atoms with E-state index in [9.17, 15) is 16.8 Å². The Bertz CT molecular complexity index is 1040. The Morgan fingerprint density at radius 2 is 1.56 bits per heavy atom. The first kappa shape index (κ1) is 19.7. The van der Waals surface area contributed by atoms with Gasteiger partial charge in [-0.25, -0.2) is 16.8 Å². The standard InChI is InChI=1S/C19H24N2O4S2/c1-14-12-15(2)19(16(3)13-14)20-27(24,25)18-8-6-17(7-9-18)21-10-4-5-11-26(21,22)23/h6-9,12-13,20H,4-5,10-11H2,1-3H3. The lowest BCUT2D eigenvalue weighted by Gasteiger charge is -2.28. The molecule has 3 rings (SSSR count). The number of benzene rings is 2. The summed E-state index contributed by atoms with van der Waals surface area (Å²) in [5.74, 6) is 0.126. The maximum Gasteiger partial charge on any atom is 0.261 e. The second-order valence-electron chi connectivity index (χ2n) is 6.97. The second-order valence-corrected chi connectivity index (χ2v) is 10.7. The average molecular weight is 409 g/mol. The molecule has 1 N–H and O–H groups in total. The van der Waals surface area contributed by atoms with Crippen LogP contribution >= 0.6 is 0 Å².